The molecule has 0 saturated heterocycles. The molecule has 104 valence electrons. The van der Waals surface area contributed by atoms with E-state index in [4.69, 9.17) is 0 Å². The van der Waals surface area contributed by atoms with E-state index in [-0.39, 0.29) is 17.8 Å². The summed E-state index contributed by atoms with van der Waals surface area (Å²) in [5.74, 6) is 0. The Balaban J connectivity index is 2.26. The molecule has 0 amide bonds. The number of benzene rings is 1. The van der Waals surface area contributed by atoms with Crippen molar-refractivity contribution in [1.82, 2.24) is 9.78 Å². The molecule has 20 heavy (non-hydrogen) atoms. The van der Waals surface area contributed by atoms with Crippen LogP contribution in [0.25, 0.3) is 0 Å². The van der Waals surface area contributed by atoms with Crippen LogP contribution in [-0.2, 0) is 6.54 Å². The maximum atomic E-state index is 11.6. The maximum Gasteiger partial charge on any atom is 0.269 e. The van der Waals surface area contributed by atoms with Gasteiger partial charge in [-0.25, -0.2) is 4.68 Å². The van der Waals surface area contributed by atoms with E-state index >= 15 is 0 Å². The molecule has 0 bridgehead atoms. The molecule has 1 atom stereocenters. The molecule has 1 aromatic heterocycles. The second-order valence-electron chi connectivity index (χ2n) is 4.36. The Bertz CT molecular complexity index is 696. The van der Waals surface area contributed by atoms with Gasteiger partial charge in [0.2, 0.25) is 0 Å². The fourth-order valence-electron chi connectivity index (χ4n) is 1.80. The minimum absolute atomic E-state index is 0.0539. The van der Waals surface area contributed by atoms with Crippen LogP contribution in [0.3, 0.4) is 0 Å². The van der Waals surface area contributed by atoms with Crippen molar-refractivity contribution in [3.05, 3.63) is 68.1 Å². The van der Waals surface area contributed by atoms with Gasteiger partial charge in [-0.3, -0.25) is 14.9 Å². The topological polar surface area (TPSA) is 98.3 Å². The summed E-state index contributed by atoms with van der Waals surface area (Å²) in [7, 11) is 0. The zero-order valence-corrected chi connectivity index (χ0v) is 10.8. The van der Waals surface area contributed by atoms with E-state index in [2.05, 4.69) is 5.10 Å². The summed E-state index contributed by atoms with van der Waals surface area (Å²) in [6.07, 6.45) is -1.04. The van der Waals surface area contributed by atoms with Gasteiger partial charge in [-0.2, -0.15) is 5.10 Å². The quantitative estimate of drug-likeness (QED) is 0.667. The lowest BCUT2D eigenvalue weighted by Gasteiger charge is -2.12. The summed E-state index contributed by atoms with van der Waals surface area (Å²) in [4.78, 5) is 21.7. The van der Waals surface area contributed by atoms with Gasteiger partial charge in [-0.1, -0.05) is 12.1 Å². The lowest BCUT2D eigenvalue weighted by atomic mass is 10.1. The third-order valence-electron chi connectivity index (χ3n) is 2.81. The molecule has 0 fully saturated rings. The van der Waals surface area contributed by atoms with Gasteiger partial charge in [0, 0.05) is 18.2 Å². The van der Waals surface area contributed by atoms with E-state index < -0.39 is 11.0 Å². The molecule has 7 heteroatoms. The fourth-order valence-corrected chi connectivity index (χ4v) is 1.80. The second-order valence-corrected chi connectivity index (χ2v) is 4.36. The second kappa shape index (κ2) is 5.62. The Morgan fingerprint density at radius 2 is 2.15 bits per heavy atom. The Hall–Kier alpha value is -2.54. The highest BCUT2D eigenvalue weighted by atomic mass is 16.6. The standard InChI is InChI=1S/C13H13N3O4/c1-9-5-6-13(18)15(14-9)8-12(17)10-3-2-4-11(7-10)16(19)20/h2-7,12,17H,8H2,1H3. The molecule has 7 nitrogen and oxygen atoms in total. The predicted octanol–water partition coefficient (Wildman–Crippen LogP) is 1.19. The van der Waals surface area contributed by atoms with Crippen LogP contribution in [0.2, 0.25) is 0 Å². The highest BCUT2D eigenvalue weighted by Crippen LogP contribution is 2.19. The fraction of sp³-hybridized carbons (Fsp3) is 0.231. The molecule has 0 saturated carbocycles. The van der Waals surface area contributed by atoms with Gasteiger partial charge >= 0.3 is 0 Å². The van der Waals surface area contributed by atoms with E-state index in [0.717, 1.165) is 4.68 Å². The number of aromatic nitrogens is 2. The summed E-state index contributed by atoms with van der Waals surface area (Å²) >= 11 is 0. The van der Waals surface area contributed by atoms with Crippen LogP contribution in [0.5, 0.6) is 0 Å². The van der Waals surface area contributed by atoms with Crippen molar-refractivity contribution >= 4 is 5.69 Å². The molecule has 1 unspecified atom stereocenters. The van der Waals surface area contributed by atoms with Crippen molar-refractivity contribution in [3.63, 3.8) is 0 Å². The summed E-state index contributed by atoms with van der Waals surface area (Å²) in [5.41, 5.74) is 0.580. The van der Waals surface area contributed by atoms with Gasteiger partial charge < -0.3 is 5.11 Å². The molecule has 2 aromatic rings. The molecular weight excluding hydrogens is 262 g/mol. The number of nitro groups is 1. The first kappa shape index (κ1) is 13.9. The number of nitrogens with zero attached hydrogens (tertiary/aromatic N) is 3. The van der Waals surface area contributed by atoms with Gasteiger partial charge in [0.25, 0.3) is 11.2 Å². The van der Waals surface area contributed by atoms with Crippen molar-refractivity contribution in [2.24, 2.45) is 0 Å². The highest BCUT2D eigenvalue weighted by molar-refractivity contribution is 5.35. The number of aliphatic hydroxyl groups excluding tert-OH is 1. The molecular formula is C13H13N3O4. The van der Waals surface area contributed by atoms with Crippen LogP contribution >= 0.6 is 0 Å². The first-order chi connectivity index (χ1) is 9.47. The van der Waals surface area contributed by atoms with Crippen molar-refractivity contribution in [2.45, 2.75) is 19.6 Å². The van der Waals surface area contributed by atoms with Gasteiger partial charge in [0.15, 0.2) is 0 Å². The highest BCUT2D eigenvalue weighted by Gasteiger charge is 2.14. The third kappa shape index (κ3) is 3.07. The molecule has 1 heterocycles. The lowest BCUT2D eigenvalue weighted by molar-refractivity contribution is -0.385. The molecule has 0 aliphatic heterocycles. The molecule has 0 aliphatic carbocycles. The summed E-state index contributed by atoms with van der Waals surface area (Å²) in [6, 6.07) is 8.63. The monoisotopic (exact) mass is 275 g/mol. The molecule has 0 spiro atoms. The number of nitro benzene ring substituents is 1. The third-order valence-corrected chi connectivity index (χ3v) is 2.81. The predicted molar refractivity (Wildman–Crippen MR) is 71.3 cm³/mol. The lowest BCUT2D eigenvalue weighted by Crippen LogP contribution is -2.25. The van der Waals surface area contributed by atoms with Crippen molar-refractivity contribution in [2.75, 3.05) is 0 Å². The molecule has 2 rings (SSSR count). The number of hydrogen-bond acceptors (Lipinski definition) is 5. The number of non-ortho nitro benzene ring substituents is 1. The van der Waals surface area contributed by atoms with Crippen LogP contribution in [0, 0.1) is 17.0 Å². The average molecular weight is 275 g/mol. The summed E-state index contributed by atoms with van der Waals surface area (Å²) in [5, 5.41) is 24.8. The van der Waals surface area contributed by atoms with Crippen molar-refractivity contribution < 1.29 is 10.0 Å². The molecule has 1 aromatic carbocycles. The van der Waals surface area contributed by atoms with Crippen LogP contribution in [0.1, 0.15) is 17.4 Å². The molecule has 0 aliphatic rings. The van der Waals surface area contributed by atoms with Crippen molar-refractivity contribution in [1.29, 1.82) is 0 Å². The Morgan fingerprint density at radius 1 is 1.40 bits per heavy atom. The Morgan fingerprint density at radius 3 is 2.85 bits per heavy atom. The number of hydrogen-bond donors (Lipinski definition) is 1. The largest absolute Gasteiger partial charge is 0.386 e. The van der Waals surface area contributed by atoms with Crippen LogP contribution in [0.15, 0.2) is 41.2 Å². The SMILES string of the molecule is Cc1ccc(=O)n(CC(O)c2cccc([N+](=O)[O-])c2)n1. The van der Waals surface area contributed by atoms with Crippen LogP contribution in [-0.4, -0.2) is 19.8 Å². The zero-order valence-electron chi connectivity index (χ0n) is 10.8. The maximum absolute atomic E-state index is 11.6. The molecule has 0 radical (unpaired) electrons. The zero-order chi connectivity index (χ0) is 14.7. The Labute approximate surface area is 114 Å². The first-order valence-corrected chi connectivity index (χ1v) is 5.94. The van der Waals surface area contributed by atoms with Crippen molar-refractivity contribution in [3.8, 4) is 0 Å². The van der Waals surface area contributed by atoms with E-state index in [9.17, 15) is 20.0 Å². The van der Waals surface area contributed by atoms with E-state index in [1.165, 1.54) is 24.3 Å². The smallest absolute Gasteiger partial charge is 0.269 e. The van der Waals surface area contributed by atoms with Gasteiger partial charge in [-0.15, -0.1) is 0 Å². The number of rotatable bonds is 4. The Kier molecular flexibility index (Phi) is 3.90. The summed E-state index contributed by atoms with van der Waals surface area (Å²) < 4.78 is 1.14. The van der Waals surface area contributed by atoms with E-state index in [0.29, 0.717) is 11.3 Å². The van der Waals surface area contributed by atoms with E-state index in [1.807, 2.05) is 0 Å². The minimum Gasteiger partial charge on any atom is -0.386 e. The van der Waals surface area contributed by atoms with Crippen LogP contribution in [0.4, 0.5) is 5.69 Å². The first-order valence-electron chi connectivity index (χ1n) is 5.94. The minimum atomic E-state index is -1.04. The van der Waals surface area contributed by atoms with Crippen LogP contribution < -0.4 is 5.56 Å². The number of aliphatic hydroxyl groups is 1. The summed E-state index contributed by atoms with van der Waals surface area (Å²) in [6.45, 7) is 1.68. The number of aryl methyl sites for hydroxylation is 1. The molecule has 1 N–H and O–H groups in total. The van der Waals surface area contributed by atoms with E-state index in [1.54, 1.807) is 19.1 Å². The van der Waals surface area contributed by atoms with Gasteiger partial charge in [-0.05, 0) is 18.6 Å². The average Bonchev–Trinajstić information content (AvgIpc) is 2.43. The van der Waals surface area contributed by atoms with Gasteiger partial charge in [0.05, 0.1) is 23.3 Å². The van der Waals surface area contributed by atoms with Gasteiger partial charge in [0.1, 0.15) is 0 Å². The normalized spacial score (nSPS) is 12.1.